The topological polar surface area (TPSA) is 49.4 Å². The Balaban J connectivity index is 1.78. The molecule has 0 bridgehead atoms. The first kappa shape index (κ1) is 22.6. The molecule has 0 aliphatic heterocycles. The predicted molar refractivity (Wildman–Crippen MR) is 128 cm³/mol. The van der Waals surface area contributed by atoms with E-state index in [2.05, 4.69) is 17.4 Å². The van der Waals surface area contributed by atoms with E-state index < -0.39 is 6.04 Å². The maximum absolute atomic E-state index is 13.3. The van der Waals surface area contributed by atoms with E-state index in [0.29, 0.717) is 18.7 Å². The second-order valence-corrected chi connectivity index (χ2v) is 8.29. The summed E-state index contributed by atoms with van der Waals surface area (Å²) in [4.78, 5) is 27.9. The number of carbonyl (C=O) groups excluding carboxylic acids is 2. The van der Waals surface area contributed by atoms with Gasteiger partial charge < -0.3 is 10.2 Å². The molecule has 4 nitrogen and oxygen atoms in total. The minimum atomic E-state index is -0.572. The van der Waals surface area contributed by atoms with E-state index in [1.807, 2.05) is 78.9 Å². The molecule has 3 aromatic carbocycles. The molecule has 3 aromatic rings. The van der Waals surface area contributed by atoms with Crippen molar-refractivity contribution in [3.8, 4) is 0 Å². The van der Waals surface area contributed by atoms with E-state index >= 15 is 0 Å². The molecule has 2 amide bonds. The van der Waals surface area contributed by atoms with Crippen LogP contribution in [0.3, 0.4) is 0 Å². The molecule has 1 unspecified atom stereocenters. The third-order valence-electron chi connectivity index (χ3n) is 5.05. The van der Waals surface area contributed by atoms with Crippen molar-refractivity contribution < 1.29 is 9.59 Å². The van der Waals surface area contributed by atoms with E-state index in [1.54, 1.807) is 23.7 Å². The monoisotopic (exact) mass is 432 g/mol. The van der Waals surface area contributed by atoms with Crippen molar-refractivity contribution in [3.63, 3.8) is 0 Å². The van der Waals surface area contributed by atoms with Crippen molar-refractivity contribution >= 4 is 23.6 Å². The van der Waals surface area contributed by atoms with Crippen LogP contribution in [0.4, 0.5) is 0 Å². The summed E-state index contributed by atoms with van der Waals surface area (Å²) in [5.41, 5.74) is 3.21. The summed E-state index contributed by atoms with van der Waals surface area (Å²) in [6.07, 6.45) is 0.475. The van der Waals surface area contributed by atoms with Gasteiger partial charge in [0.05, 0.1) is 5.75 Å². The lowest BCUT2D eigenvalue weighted by Gasteiger charge is -2.31. The molecule has 0 spiro atoms. The fourth-order valence-electron chi connectivity index (χ4n) is 3.41. The van der Waals surface area contributed by atoms with Gasteiger partial charge in [-0.1, -0.05) is 91.0 Å². The summed E-state index contributed by atoms with van der Waals surface area (Å²) >= 11 is 1.57. The largest absolute Gasteiger partial charge is 0.357 e. The average Bonchev–Trinajstić information content (AvgIpc) is 2.82. The smallest absolute Gasteiger partial charge is 0.242 e. The molecule has 0 fully saturated rings. The summed E-state index contributed by atoms with van der Waals surface area (Å²) < 4.78 is 0. The van der Waals surface area contributed by atoms with Crippen molar-refractivity contribution in [3.05, 3.63) is 108 Å². The zero-order valence-electron chi connectivity index (χ0n) is 17.7. The van der Waals surface area contributed by atoms with Gasteiger partial charge in [-0.25, -0.2) is 0 Å². The molecular formula is C26H28N2O2S. The van der Waals surface area contributed by atoms with Crippen LogP contribution in [0.15, 0.2) is 91.0 Å². The van der Waals surface area contributed by atoms with E-state index in [0.717, 1.165) is 16.9 Å². The maximum Gasteiger partial charge on any atom is 0.242 e. The minimum Gasteiger partial charge on any atom is -0.357 e. The number of amides is 2. The number of carbonyl (C=O) groups is 2. The number of hydrogen-bond donors (Lipinski definition) is 1. The Kier molecular flexibility index (Phi) is 8.73. The Morgan fingerprint density at radius 1 is 0.806 bits per heavy atom. The highest BCUT2D eigenvalue weighted by atomic mass is 32.2. The first-order valence-corrected chi connectivity index (χ1v) is 11.5. The molecule has 160 valence electrons. The van der Waals surface area contributed by atoms with Crippen LogP contribution in [0.2, 0.25) is 0 Å². The molecular weight excluding hydrogens is 404 g/mol. The maximum atomic E-state index is 13.3. The van der Waals surface area contributed by atoms with Crippen LogP contribution in [0.25, 0.3) is 0 Å². The van der Waals surface area contributed by atoms with E-state index in [4.69, 9.17) is 0 Å². The van der Waals surface area contributed by atoms with Crippen LogP contribution >= 0.6 is 11.8 Å². The van der Waals surface area contributed by atoms with Gasteiger partial charge in [0.1, 0.15) is 6.04 Å². The van der Waals surface area contributed by atoms with E-state index in [-0.39, 0.29) is 11.8 Å². The van der Waals surface area contributed by atoms with Crippen molar-refractivity contribution in [1.82, 2.24) is 10.2 Å². The highest BCUT2D eigenvalue weighted by Crippen LogP contribution is 2.18. The number of thioether (sulfide) groups is 1. The lowest BCUT2D eigenvalue weighted by molar-refractivity contribution is -0.139. The zero-order chi connectivity index (χ0) is 21.9. The van der Waals surface area contributed by atoms with Crippen molar-refractivity contribution in [2.45, 2.75) is 24.8 Å². The van der Waals surface area contributed by atoms with Gasteiger partial charge in [0.25, 0.3) is 0 Å². The first-order chi connectivity index (χ1) is 15.2. The Hall–Kier alpha value is -3.05. The fourth-order valence-corrected chi connectivity index (χ4v) is 4.28. The molecule has 0 aromatic heterocycles. The zero-order valence-corrected chi connectivity index (χ0v) is 18.6. The Morgan fingerprint density at radius 3 is 1.87 bits per heavy atom. The summed E-state index contributed by atoms with van der Waals surface area (Å²) in [5.74, 6) is 0.898. The number of likely N-dealkylation sites (N-methyl/N-ethyl adjacent to an activating group) is 1. The molecule has 5 heteroatoms. The standard InChI is InChI=1S/C26H28N2O2S/c1-27-26(30)24(17-21-11-5-2-6-12-21)28(18-22-13-7-3-8-14-22)25(29)20-31-19-23-15-9-4-10-16-23/h2-16,24H,17-20H2,1H3,(H,27,30). The molecule has 0 saturated heterocycles. The Labute approximate surface area is 188 Å². The van der Waals surface area contributed by atoms with Crippen LogP contribution in [-0.4, -0.2) is 35.6 Å². The van der Waals surface area contributed by atoms with Gasteiger partial charge >= 0.3 is 0 Å². The fraction of sp³-hybridized carbons (Fsp3) is 0.231. The summed E-state index contributed by atoms with van der Waals surface area (Å²) in [5, 5.41) is 2.75. The number of nitrogens with one attached hydrogen (secondary N) is 1. The quantitative estimate of drug-likeness (QED) is 0.519. The van der Waals surface area contributed by atoms with Gasteiger partial charge in [-0.2, -0.15) is 0 Å². The molecule has 31 heavy (non-hydrogen) atoms. The second-order valence-electron chi connectivity index (χ2n) is 7.31. The minimum absolute atomic E-state index is 0.0330. The Bertz CT molecular complexity index is 949. The number of hydrogen-bond acceptors (Lipinski definition) is 3. The van der Waals surface area contributed by atoms with Crippen molar-refractivity contribution in [2.75, 3.05) is 12.8 Å². The second kappa shape index (κ2) is 12.0. The third kappa shape index (κ3) is 7.00. The van der Waals surface area contributed by atoms with Gasteiger partial charge in [0.15, 0.2) is 0 Å². The lowest BCUT2D eigenvalue weighted by atomic mass is 10.0. The average molecular weight is 433 g/mol. The van der Waals surface area contributed by atoms with Gasteiger partial charge in [-0.15, -0.1) is 11.8 Å². The van der Waals surface area contributed by atoms with Crippen molar-refractivity contribution in [2.24, 2.45) is 0 Å². The molecule has 0 saturated carbocycles. The van der Waals surface area contributed by atoms with Gasteiger partial charge in [0.2, 0.25) is 11.8 Å². The van der Waals surface area contributed by atoms with Crippen LogP contribution in [0.1, 0.15) is 16.7 Å². The van der Waals surface area contributed by atoms with Crippen LogP contribution in [0, 0.1) is 0 Å². The molecule has 0 radical (unpaired) electrons. The van der Waals surface area contributed by atoms with Gasteiger partial charge in [0, 0.05) is 25.8 Å². The summed E-state index contributed by atoms with van der Waals surface area (Å²) in [6.45, 7) is 0.399. The number of nitrogens with zero attached hydrogens (tertiary/aromatic N) is 1. The van der Waals surface area contributed by atoms with E-state index in [9.17, 15) is 9.59 Å². The molecule has 1 N–H and O–H groups in total. The van der Waals surface area contributed by atoms with E-state index in [1.165, 1.54) is 5.56 Å². The normalized spacial score (nSPS) is 11.5. The molecule has 0 aliphatic rings. The Morgan fingerprint density at radius 2 is 1.32 bits per heavy atom. The SMILES string of the molecule is CNC(=O)C(Cc1ccccc1)N(Cc1ccccc1)C(=O)CSCc1ccccc1. The summed E-state index contributed by atoms with van der Waals surface area (Å²) in [7, 11) is 1.62. The highest BCUT2D eigenvalue weighted by Gasteiger charge is 2.29. The highest BCUT2D eigenvalue weighted by molar-refractivity contribution is 7.99. The van der Waals surface area contributed by atoms with Crippen molar-refractivity contribution in [1.29, 1.82) is 0 Å². The summed E-state index contributed by atoms with van der Waals surface area (Å²) in [6, 6.07) is 29.2. The number of benzene rings is 3. The van der Waals surface area contributed by atoms with Crippen LogP contribution in [0.5, 0.6) is 0 Å². The van der Waals surface area contributed by atoms with Gasteiger partial charge in [-0.3, -0.25) is 9.59 Å². The van der Waals surface area contributed by atoms with Crippen LogP contribution in [-0.2, 0) is 28.3 Å². The first-order valence-electron chi connectivity index (χ1n) is 10.4. The molecule has 0 aliphatic carbocycles. The van der Waals surface area contributed by atoms with Gasteiger partial charge in [-0.05, 0) is 16.7 Å². The molecule has 0 heterocycles. The third-order valence-corrected chi connectivity index (χ3v) is 6.04. The lowest BCUT2D eigenvalue weighted by Crippen LogP contribution is -2.50. The number of rotatable bonds is 10. The van der Waals surface area contributed by atoms with Crippen LogP contribution < -0.4 is 5.32 Å². The predicted octanol–water partition coefficient (Wildman–Crippen LogP) is 4.31. The molecule has 1 atom stereocenters. The molecule has 3 rings (SSSR count).